The third-order valence-corrected chi connectivity index (χ3v) is 3.69. The Morgan fingerprint density at radius 1 is 1.38 bits per heavy atom. The van der Waals surface area contributed by atoms with Gasteiger partial charge in [-0.25, -0.2) is 4.68 Å². The molecular weight excluding hydrogens is 284 g/mol. The van der Waals surface area contributed by atoms with Crippen LogP contribution >= 0.6 is 11.6 Å². The minimum Gasteiger partial charge on any atom is -0.358 e. The van der Waals surface area contributed by atoms with E-state index in [2.05, 4.69) is 16.1 Å². The van der Waals surface area contributed by atoms with E-state index in [0.29, 0.717) is 12.4 Å². The second-order valence-electron chi connectivity index (χ2n) is 5.18. The lowest BCUT2D eigenvalue weighted by Gasteiger charge is -2.22. The van der Waals surface area contributed by atoms with E-state index < -0.39 is 0 Å². The van der Waals surface area contributed by atoms with Crippen molar-refractivity contribution >= 4 is 17.4 Å². The van der Waals surface area contributed by atoms with Gasteiger partial charge in [0.15, 0.2) is 0 Å². The maximum Gasteiger partial charge on any atom is 0.136 e. The molecule has 0 saturated heterocycles. The summed E-state index contributed by atoms with van der Waals surface area (Å²) in [5.41, 5.74) is 2.91. The third-order valence-electron chi connectivity index (χ3n) is 3.42. The molecule has 4 nitrogen and oxygen atoms in total. The molecule has 110 valence electrons. The van der Waals surface area contributed by atoms with E-state index in [1.165, 1.54) is 0 Å². The van der Waals surface area contributed by atoms with Crippen molar-refractivity contribution < 1.29 is 0 Å². The molecule has 0 aliphatic rings. The van der Waals surface area contributed by atoms with Gasteiger partial charge in [0.2, 0.25) is 0 Å². The Hall–Kier alpha value is -1.99. The highest BCUT2D eigenvalue weighted by molar-refractivity contribution is 6.17. The number of benzene rings is 1. The van der Waals surface area contributed by atoms with Crippen LogP contribution in [0.25, 0.3) is 5.69 Å². The zero-order valence-electron chi connectivity index (χ0n) is 12.5. The van der Waals surface area contributed by atoms with Gasteiger partial charge < -0.3 is 4.90 Å². The van der Waals surface area contributed by atoms with Crippen molar-refractivity contribution in [2.45, 2.75) is 19.7 Å². The van der Waals surface area contributed by atoms with Crippen LogP contribution in [0.2, 0.25) is 0 Å². The number of rotatable bonds is 5. The van der Waals surface area contributed by atoms with Crippen LogP contribution in [-0.4, -0.2) is 23.4 Å². The van der Waals surface area contributed by atoms with Crippen LogP contribution < -0.4 is 4.90 Å². The summed E-state index contributed by atoms with van der Waals surface area (Å²) >= 11 is 6.11. The first-order chi connectivity index (χ1) is 10.1. The normalized spacial score (nSPS) is 12.0. The second-order valence-corrected chi connectivity index (χ2v) is 5.45. The molecule has 0 aliphatic carbocycles. The number of nitriles is 1. The lowest BCUT2D eigenvalue weighted by atomic mass is 10.2. The van der Waals surface area contributed by atoms with E-state index in [1.807, 2.05) is 55.9 Å². The van der Waals surface area contributed by atoms with Crippen molar-refractivity contribution in [3.05, 3.63) is 41.6 Å². The first-order valence-electron chi connectivity index (χ1n) is 6.89. The highest BCUT2D eigenvalue weighted by Gasteiger charge is 2.20. The Morgan fingerprint density at radius 3 is 2.62 bits per heavy atom. The van der Waals surface area contributed by atoms with Gasteiger partial charge in [-0.2, -0.15) is 10.4 Å². The number of hydrogen-bond donors (Lipinski definition) is 0. The molecule has 2 rings (SSSR count). The summed E-state index contributed by atoms with van der Waals surface area (Å²) in [6.07, 6.45) is 0. The van der Waals surface area contributed by atoms with E-state index >= 15 is 0 Å². The quantitative estimate of drug-likeness (QED) is 0.794. The number of aromatic nitrogens is 2. The maximum atomic E-state index is 9.02. The van der Waals surface area contributed by atoms with Gasteiger partial charge in [-0.1, -0.05) is 18.2 Å². The molecule has 5 heteroatoms. The van der Waals surface area contributed by atoms with Gasteiger partial charge in [0.25, 0.3) is 0 Å². The van der Waals surface area contributed by atoms with Crippen LogP contribution in [-0.2, 0) is 5.88 Å². The lowest BCUT2D eigenvalue weighted by Crippen LogP contribution is -2.26. The van der Waals surface area contributed by atoms with Crippen molar-refractivity contribution in [1.29, 1.82) is 5.26 Å². The SMILES string of the molecule is Cc1nn(-c2ccccc2)c(N(C)CC(C)C#N)c1CCl. The van der Waals surface area contributed by atoms with Gasteiger partial charge in [0.05, 0.1) is 29.2 Å². The van der Waals surface area contributed by atoms with Crippen molar-refractivity contribution in [2.24, 2.45) is 5.92 Å². The van der Waals surface area contributed by atoms with Crippen molar-refractivity contribution in [2.75, 3.05) is 18.5 Å². The van der Waals surface area contributed by atoms with Gasteiger partial charge in [-0.05, 0) is 26.0 Å². The number of nitrogens with zero attached hydrogens (tertiary/aromatic N) is 4. The summed E-state index contributed by atoms with van der Waals surface area (Å²) in [5.74, 6) is 1.30. The van der Waals surface area contributed by atoms with Gasteiger partial charge >= 0.3 is 0 Å². The van der Waals surface area contributed by atoms with Gasteiger partial charge in [-0.3, -0.25) is 0 Å². The number of anilines is 1. The highest BCUT2D eigenvalue weighted by Crippen LogP contribution is 2.28. The number of para-hydroxylation sites is 1. The fourth-order valence-electron chi connectivity index (χ4n) is 2.38. The summed E-state index contributed by atoms with van der Waals surface area (Å²) < 4.78 is 1.90. The number of halogens is 1. The van der Waals surface area contributed by atoms with Crippen molar-refractivity contribution in [1.82, 2.24) is 9.78 Å². The van der Waals surface area contributed by atoms with Crippen LogP contribution in [0.4, 0.5) is 5.82 Å². The molecule has 1 heterocycles. The minimum absolute atomic E-state index is 0.0578. The van der Waals surface area contributed by atoms with Gasteiger partial charge in [0, 0.05) is 19.2 Å². The summed E-state index contributed by atoms with van der Waals surface area (Å²) in [6, 6.07) is 12.2. The molecule has 1 aromatic heterocycles. The monoisotopic (exact) mass is 302 g/mol. The Labute approximate surface area is 130 Å². The molecule has 0 saturated carbocycles. The Bertz CT molecular complexity index is 642. The topological polar surface area (TPSA) is 44.9 Å². The Balaban J connectivity index is 2.50. The minimum atomic E-state index is -0.0578. The Kier molecular flexibility index (Phi) is 4.87. The number of aryl methyl sites for hydroxylation is 1. The van der Waals surface area contributed by atoms with Crippen LogP contribution in [0.15, 0.2) is 30.3 Å². The summed E-state index contributed by atoms with van der Waals surface area (Å²) in [7, 11) is 1.97. The first-order valence-corrected chi connectivity index (χ1v) is 7.42. The molecule has 21 heavy (non-hydrogen) atoms. The molecule has 2 aromatic rings. The molecule has 1 atom stereocenters. The summed E-state index contributed by atoms with van der Waals surface area (Å²) in [4.78, 5) is 2.05. The fourth-order valence-corrected chi connectivity index (χ4v) is 2.70. The predicted molar refractivity (Wildman–Crippen MR) is 85.9 cm³/mol. The summed E-state index contributed by atoms with van der Waals surface area (Å²) in [5, 5.41) is 13.6. The van der Waals surface area contributed by atoms with E-state index in [-0.39, 0.29) is 5.92 Å². The molecule has 0 fully saturated rings. The number of alkyl halides is 1. The predicted octanol–water partition coefficient (Wildman–Crippen LogP) is 3.52. The fraction of sp³-hybridized carbons (Fsp3) is 0.375. The standard InChI is InChI=1S/C16H19ClN4/c1-12(10-18)11-20(3)16-15(9-17)13(2)19-21(16)14-7-5-4-6-8-14/h4-8,12H,9,11H2,1-3H3. The lowest BCUT2D eigenvalue weighted by molar-refractivity contribution is 0.695. The second kappa shape index (κ2) is 6.64. The summed E-state index contributed by atoms with van der Waals surface area (Å²) in [6.45, 7) is 4.51. The molecule has 1 unspecified atom stereocenters. The van der Waals surface area contributed by atoms with Crippen molar-refractivity contribution in [3.63, 3.8) is 0 Å². The third kappa shape index (κ3) is 3.20. The van der Waals surface area contributed by atoms with Gasteiger partial charge in [0.1, 0.15) is 5.82 Å². The highest BCUT2D eigenvalue weighted by atomic mass is 35.5. The molecule has 0 bridgehead atoms. The van der Waals surface area contributed by atoms with E-state index in [4.69, 9.17) is 16.9 Å². The largest absolute Gasteiger partial charge is 0.358 e. The number of hydrogen-bond acceptors (Lipinski definition) is 3. The molecular formula is C16H19ClN4. The van der Waals surface area contributed by atoms with Crippen LogP contribution in [0.1, 0.15) is 18.2 Å². The van der Waals surface area contributed by atoms with Crippen LogP contribution in [0.5, 0.6) is 0 Å². The van der Waals surface area contributed by atoms with Crippen molar-refractivity contribution in [3.8, 4) is 11.8 Å². The Morgan fingerprint density at radius 2 is 2.05 bits per heavy atom. The smallest absolute Gasteiger partial charge is 0.136 e. The zero-order chi connectivity index (χ0) is 15.4. The molecule has 1 aromatic carbocycles. The first kappa shape index (κ1) is 15.4. The molecule has 0 N–H and O–H groups in total. The van der Waals surface area contributed by atoms with Crippen LogP contribution in [0.3, 0.4) is 0 Å². The molecule has 0 amide bonds. The van der Waals surface area contributed by atoms with E-state index in [0.717, 1.165) is 22.8 Å². The average Bonchev–Trinajstić information content (AvgIpc) is 2.84. The van der Waals surface area contributed by atoms with Gasteiger partial charge in [-0.15, -0.1) is 11.6 Å². The van der Waals surface area contributed by atoms with E-state index in [9.17, 15) is 0 Å². The zero-order valence-corrected chi connectivity index (χ0v) is 13.3. The maximum absolute atomic E-state index is 9.02. The van der Waals surface area contributed by atoms with Crippen LogP contribution in [0, 0.1) is 24.2 Å². The van der Waals surface area contributed by atoms with E-state index in [1.54, 1.807) is 0 Å². The molecule has 0 spiro atoms. The average molecular weight is 303 g/mol. The molecule has 0 radical (unpaired) electrons. The molecule has 0 aliphatic heterocycles.